The topological polar surface area (TPSA) is 21.7 Å². The van der Waals surface area contributed by atoms with Crippen molar-refractivity contribution in [2.75, 3.05) is 4.90 Å². The molecule has 0 saturated carbocycles. The molecule has 0 aliphatic carbocycles. The van der Waals surface area contributed by atoms with E-state index in [1.54, 1.807) is 0 Å². The Hall–Kier alpha value is -5.93. The molecule has 11 rings (SSSR count). The Morgan fingerprint density at radius 2 is 0.862 bits per heavy atom. The number of anilines is 3. The van der Waals surface area contributed by atoms with Crippen molar-refractivity contribution in [2.45, 2.75) is 73.1 Å². The molecular weight excluding hydrogens is 704 g/mol. The van der Waals surface area contributed by atoms with Gasteiger partial charge < -0.3 is 14.4 Å². The van der Waals surface area contributed by atoms with Crippen molar-refractivity contribution >= 4 is 63.3 Å². The highest BCUT2D eigenvalue weighted by Crippen LogP contribution is 2.50. The normalized spacial score (nSPS) is 14.1. The largest absolute Gasteiger partial charge is 0.457 e. The molecule has 0 spiro atoms. The number of rotatable bonds is 2. The maximum Gasteiger partial charge on any atom is 0.256 e. The minimum absolute atomic E-state index is 0.0384. The van der Waals surface area contributed by atoms with Crippen molar-refractivity contribution in [1.82, 2.24) is 0 Å². The van der Waals surface area contributed by atoms with Gasteiger partial charge in [-0.2, -0.15) is 0 Å². The number of ether oxygens (including phenoxy) is 2. The molecule has 0 atom stereocenters. The van der Waals surface area contributed by atoms with Gasteiger partial charge in [0.15, 0.2) is 0 Å². The van der Waals surface area contributed by atoms with Gasteiger partial charge >= 0.3 is 0 Å². The van der Waals surface area contributed by atoms with Crippen molar-refractivity contribution in [2.24, 2.45) is 0 Å². The first kappa shape index (κ1) is 35.2. The summed E-state index contributed by atoms with van der Waals surface area (Å²) in [6, 6.07) is 45.3. The van der Waals surface area contributed by atoms with Crippen LogP contribution in [0, 0.1) is 20.8 Å². The van der Waals surface area contributed by atoms with Gasteiger partial charge in [-0.3, -0.25) is 0 Å². The first-order valence-corrected chi connectivity index (χ1v) is 20.8. The number of hydrogen-bond acceptors (Lipinski definition) is 3. The van der Waals surface area contributed by atoms with Crippen LogP contribution in [0.25, 0.3) is 22.3 Å². The molecule has 0 radical (unpaired) electrons. The predicted molar refractivity (Wildman–Crippen MR) is 246 cm³/mol. The summed E-state index contributed by atoms with van der Waals surface area (Å²) in [6.45, 7) is 20.5. The van der Waals surface area contributed by atoms with Gasteiger partial charge in [0.05, 0.1) is 0 Å². The van der Waals surface area contributed by atoms with E-state index in [2.05, 4.69) is 189 Å². The molecule has 0 unspecified atom stereocenters. The summed E-state index contributed by atoms with van der Waals surface area (Å²) in [5, 5.41) is 0. The zero-order chi connectivity index (χ0) is 40.0. The minimum atomic E-state index is -0.0737. The maximum absolute atomic E-state index is 7.49. The van der Waals surface area contributed by atoms with Gasteiger partial charge in [-0.05, 0) is 111 Å². The van der Waals surface area contributed by atoms with Crippen LogP contribution in [-0.2, 0) is 10.8 Å². The molecule has 0 aromatic heterocycles. The minimum Gasteiger partial charge on any atom is -0.457 e. The monoisotopic (exact) mass is 751 g/mol. The van der Waals surface area contributed by atoms with Crippen LogP contribution < -0.4 is 47.2 Å². The Bertz CT molecular complexity index is 2710. The van der Waals surface area contributed by atoms with Crippen molar-refractivity contribution in [3.8, 4) is 45.3 Å². The van der Waals surface area contributed by atoms with Gasteiger partial charge in [-0.15, -0.1) is 0 Å². The summed E-state index contributed by atoms with van der Waals surface area (Å²) in [7, 11) is 0. The van der Waals surface area contributed by atoms with Crippen LogP contribution in [-0.4, -0.2) is 13.4 Å². The third-order valence-corrected chi connectivity index (χ3v) is 13.1. The van der Waals surface area contributed by atoms with Gasteiger partial charge in [0, 0.05) is 33.8 Å². The van der Waals surface area contributed by atoms with E-state index in [1.165, 1.54) is 72.1 Å². The van der Waals surface area contributed by atoms with Crippen molar-refractivity contribution in [1.29, 1.82) is 0 Å². The second-order valence-corrected chi connectivity index (χ2v) is 19.1. The molecule has 7 aromatic rings. The first-order chi connectivity index (χ1) is 27.8. The van der Waals surface area contributed by atoms with E-state index in [4.69, 9.17) is 9.47 Å². The summed E-state index contributed by atoms with van der Waals surface area (Å²) in [4.78, 5) is 2.55. The lowest BCUT2D eigenvalue weighted by Crippen LogP contribution is -2.67. The summed E-state index contributed by atoms with van der Waals surface area (Å²) < 4.78 is 15.0. The Morgan fingerprint density at radius 3 is 1.26 bits per heavy atom. The van der Waals surface area contributed by atoms with E-state index in [9.17, 15) is 0 Å². The maximum atomic E-state index is 7.49. The second-order valence-electron chi connectivity index (χ2n) is 19.1. The SMILES string of the molecule is Cc1ccc2c(c1)B1c3cc(C(C)(C)C)cc(-c4ccccc4)c3Oc3c(C)c4c5c(c31)N2c1ccc(C)cc1B5c1cc(C(C)(C)C)cc(-c2ccccc2)c1O4. The average molecular weight is 752 g/mol. The van der Waals surface area contributed by atoms with Crippen LogP contribution in [0.3, 0.4) is 0 Å². The Labute approximate surface area is 343 Å². The fourth-order valence-electron chi connectivity index (χ4n) is 10.1. The fraction of sp³-hybridized carbons (Fsp3) is 0.208. The van der Waals surface area contributed by atoms with E-state index in [0.717, 1.165) is 50.8 Å². The summed E-state index contributed by atoms with van der Waals surface area (Å²) >= 11 is 0. The van der Waals surface area contributed by atoms with Crippen molar-refractivity contribution in [3.05, 3.63) is 149 Å². The molecule has 0 amide bonds. The van der Waals surface area contributed by atoms with E-state index in [-0.39, 0.29) is 24.3 Å². The molecular formula is C53H47B2NO2. The molecule has 3 nitrogen and oxygen atoms in total. The highest BCUT2D eigenvalue weighted by Gasteiger charge is 2.52. The van der Waals surface area contributed by atoms with Crippen LogP contribution >= 0.6 is 0 Å². The summed E-state index contributed by atoms with van der Waals surface area (Å²) in [5.74, 6) is 3.70. The standard InChI is InChI=1S/C53H47B2NO2/c1-30-20-22-43-39(24-30)54-41-28-35(52(4,5)6)26-37(33-16-12-10-13-17-33)50(41)57-48-32(3)49-46-47(45(48)54)56(43)44-23-21-31(2)25-40(44)55(46)42-29-36(53(7,8)9)27-38(51(42)58-49)34-18-14-11-15-19-34/h10-29H,1-9H3. The smallest absolute Gasteiger partial charge is 0.256 e. The third-order valence-electron chi connectivity index (χ3n) is 13.1. The van der Waals surface area contributed by atoms with Gasteiger partial charge in [-0.25, -0.2) is 0 Å². The molecule has 282 valence electrons. The first-order valence-electron chi connectivity index (χ1n) is 20.8. The Kier molecular flexibility index (Phi) is 7.32. The lowest BCUT2D eigenvalue weighted by atomic mass is 9.29. The van der Waals surface area contributed by atoms with Gasteiger partial charge in [0.2, 0.25) is 0 Å². The van der Waals surface area contributed by atoms with Gasteiger partial charge in [-0.1, -0.05) is 150 Å². The van der Waals surface area contributed by atoms with Gasteiger partial charge in [0.25, 0.3) is 13.4 Å². The predicted octanol–water partition coefficient (Wildman–Crippen LogP) is 9.88. The van der Waals surface area contributed by atoms with E-state index in [0.29, 0.717) is 0 Å². The van der Waals surface area contributed by atoms with Crippen LogP contribution in [0.1, 0.15) is 69.4 Å². The molecule has 0 N–H and O–H groups in total. The van der Waals surface area contributed by atoms with Crippen molar-refractivity contribution in [3.63, 3.8) is 0 Å². The number of nitrogens with zero attached hydrogens (tertiary/aromatic N) is 1. The Morgan fingerprint density at radius 1 is 0.448 bits per heavy atom. The molecule has 0 fully saturated rings. The molecule has 7 aromatic carbocycles. The third kappa shape index (κ3) is 4.95. The summed E-state index contributed by atoms with van der Waals surface area (Å²) in [6.07, 6.45) is 0. The zero-order valence-corrected chi connectivity index (χ0v) is 35.0. The molecule has 0 bridgehead atoms. The van der Waals surface area contributed by atoms with Crippen LogP contribution in [0.2, 0.25) is 0 Å². The van der Waals surface area contributed by atoms with E-state index in [1.807, 2.05) is 0 Å². The second kappa shape index (κ2) is 12.1. The molecule has 58 heavy (non-hydrogen) atoms. The summed E-state index contributed by atoms with van der Waals surface area (Å²) in [5.41, 5.74) is 21.8. The highest BCUT2D eigenvalue weighted by molar-refractivity contribution is 7.03. The quantitative estimate of drug-likeness (QED) is 0.164. The highest BCUT2D eigenvalue weighted by atomic mass is 16.5. The lowest BCUT2D eigenvalue weighted by molar-refractivity contribution is 0.460. The number of hydrogen-bond donors (Lipinski definition) is 0. The van der Waals surface area contributed by atoms with Crippen molar-refractivity contribution < 1.29 is 9.47 Å². The van der Waals surface area contributed by atoms with Gasteiger partial charge in [0.1, 0.15) is 23.0 Å². The Balaban J connectivity index is 1.29. The van der Waals surface area contributed by atoms with Crippen LogP contribution in [0.4, 0.5) is 17.1 Å². The van der Waals surface area contributed by atoms with E-state index < -0.39 is 0 Å². The molecule has 4 aliphatic rings. The number of fused-ring (bicyclic) bond motifs is 10. The fourth-order valence-corrected chi connectivity index (χ4v) is 10.1. The van der Waals surface area contributed by atoms with E-state index >= 15 is 0 Å². The molecule has 0 saturated heterocycles. The molecule has 5 heteroatoms. The van der Waals surface area contributed by atoms with Crippen LogP contribution in [0.15, 0.2) is 121 Å². The zero-order valence-electron chi connectivity index (χ0n) is 35.0. The average Bonchev–Trinajstić information content (AvgIpc) is 3.20. The molecule has 4 aliphatic heterocycles. The lowest BCUT2D eigenvalue weighted by Gasteiger charge is -2.48. The number of benzene rings is 7. The number of aryl methyl sites for hydroxylation is 2. The van der Waals surface area contributed by atoms with Crippen LogP contribution in [0.5, 0.6) is 23.0 Å². The molecule has 4 heterocycles.